The van der Waals surface area contributed by atoms with Gasteiger partial charge in [0.2, 0.25) is 0 Å². The number of aliphatic carboxylic acids is 2. The molecule has 1 aliphatic rings. The predicted octanol–water partition coefficient (Wildman–Crippen LogP) is 0.346. The van der Waals surface area contributed by atoms with Gasteiger partial charge in [0.25, 0.3) is 0 Å². The summed E-state index contributed by atoms with van der Waals surface area (Å²) in [7, 11) is 0. The molecule has 0 heterocycles. The van der Waals surface area contributed by atoms with E-state index in [9.17, 15) is 14.7 Å². The number of hydrogen-bond acceptors (Lipinski definition) is 3. The van der Waals surface area contributed by atoms with Crippen LogP contribution in [0.4, 0.5) is 0 Å². The maximum Gasteiger partial charge on any atom is 0.312 e. The van der Waals surface area contributed by atoms with Gasteiger partial charge in [-0.25, -0.2) is 0 Å². The first-order valence-electron chi connectivity index (χ1n) is 4.69. The van der Waals surface area contributed by atoms with Crippen LogP contribution < -0.4 is 0 Å². The molecule has 0 amide bonds. The largest absolute Gasteiger partial charge is 0.481 e. The van der Waals surface area contributed by atoms with E-state index >= 15 is 0 Å². The van der Waals surface area contributed by atoms with E-state index in [0.717, 1.165) is 0 Å². The highest BCUT2D eigenvalue weighted by Crippen LogP contribution is 2.41. The van der Waals surface area contributed by atoms with Gasteiger partial charge in [-0.2, -0.15) is 0 Å². The number of allylic oxidation sites excluding steroid dienone is 1. The Balaban J connectivity index is 3.08. The van der Waals surface area contributed by atoms with Crippen molar-refractivity contribution in [1.29, 1.82) is 0 Å². The molecule has 0 aromatic rings. The SMILES string of the molecule is CC1C(C(=O)O)C=CCC1(CO)C(=O)O. The topological polar surface area (TPSA) is 94.8 Å². The fourth-order valence-electron chi connectivity index (χ4n) is 1.98. The van der Waals surface area contributed by atoms with Gasteiger partial charge in [0.05, 0.1) is 17.9 Å². The van der Waals surface area contributed by atoms with Crippen LogP contribution in [0.3, 0.4) is 0 Å². The van der Waals surface area contributed by atoms with Crippen LogP contribution in [0.25, 0.3) is 0 Å². The van der Waals surface area contributed by atoms with Gasteiger partial charge in [-0.05, 0) is 12.3 Å². The lowest BCUT2D eigenvalue weighted by Crippen LogP contribution is -2.46. The first-order valence-corrected chi connectivity index (χ1v) is 4.69. The Labute approximate surface area is 87.0 Å². The van der Waals surface area contributed by atoms with Crippen LogP contribution in [-0.4, -0.2) is 33.9 Å². The van der Waals surface area contributed by atoms with Gasteiger partial charge in [-0.1, -0.05) is 19.1 Å². The normalized spacial score (nSPS) is 35.1. The standard InChI is InChI=1S/C10H14O5/c1-6-7(8(12)13)3-2-4-10(6,5-11)9(14)15/h2-3,6-7,11H,4-5H2,1H3,(H,12,13)(H,14,15). The predicted molar refractivity (Wildman–Crippen MR) is 51.2 cm³/mol. The number of carbonyl (C=O) groups is 2. The molecule has 0 aromatic heterocycles. The molecule has 3 atom stereocenters. The summed E-state index contributed by atoms with van der Waals surface area (Å²) in [5, 5.41) is 27.1. The fraction of sp³-hybridized carbons (Fsp3) is 0.600. The molecule has 1 rings (SSSR count). The molecule has 5 nitrogen and oxygen atoms in total. The quantitative estimate of drug-likeness (QED) is 0.589. The second kappa shape index (κ2) is 4.02. The van der Waals surface area contributed by atoms with Crippen LogP contribution in [-0.2, 0) is 9.59 Å². The van der Waals surface area contributed by atoms with Crippen LogP contribution in [0, 0.1) is 17.3 Å². The van der Waals surface area contributed by atoms with Crippen LogP contribution in [0.15, 0.2) is 12.2 Å². The maximum atomic E-state index is 11.1. The maximum absolute atomic E-state index is 11.1. The van der Waals surface area contributed by atoms with E-state index in [2.05, 4.69) is 0 Å². The van der Waals surface area contributed by atoms with E-state index < -0.39 is 35.8 Å². The Morgan fingerprint density at radius 2 is 2.07 bits per heavy atom. The summed E-state index contributed by atoms with van der Waals surface area (Å²) < 4.78 is 0. The minimum Gasteiger partial charge on any atom is -0.481 e. The van der Waals surface area contributed by atoms with Gasteiger partial charge in [-0.15, -0.1) is 0 Å². The van der Waals surface area contributed by atoms with Crippen molar-refractivity contribution in [2.45, 2.75) is 13.3 Å². The number of aliphatic hydroxyl groups excluding tert-OH is 1. The van der Waals surface area contributed by atoms with Gasteiger partial charge in [0.15, 0.2) is 0 Å². The fourth-order valence-corrected chi connectivity index (χ4v) is 1.98. The van der Waals surface area contributed by atoms with Gasteiger partial charge >= 0.3 is 11.9 Å². The molecule has 0 aliphatic heterocycles. The Morgan fingerprint density at radius 1 is 1.47 bits per heavy atom. The molecule has 3 unspecified atom stereocenters. The second-order valence-electron chi connectivity index (χ2n) is 3.90. The van der Waals surface area contributed by atoms with Crippen molar-refractivity contribution in [1.82, 2.24) is 0 Å². The number of aliphatic hydroxyl groups is 1. The number of carboxylic acids is 2. The van der Waals surface area contributed by atoms with Crippen LogP contribution in [0.5, 0.6) is 0 Å². The van der Waals surface area contributed by atoms with E-state index in [4.69, 9.17) is 10.2 Å². The summed E-state index contributed by atoms with van der Waals surface area (Å²) in [5.41, 5.74) is -1.36. The average molecular weight is 214 g/mol. The monoisotopic (exact) mass is 214 g/mol. The van der Waals surface area contributed by atoms with E-state index in [1.807, 2.05) is 0 Å². The summed E-state index contributed by atoms with van der Waals surface area (Å²) in [6.07, 6.45) is 3.18. The molecule has 0 saturated heterocycles. The van der Waals surface area contributed by atoms with E-state index in [0.29, 0.717) is 0 Å². The van der Waals surface area contributed by atoms with Crippen LogP contribution >= 0.6 is 0 Å². The Bertz CT molecular complexity index is 309. The van der Waals surface area contributed by atoms with Crippen molar-refractivity contribution < 1.29 is 24.9 Å². The Hall–Kier alpha value is -1.36. The van der Waals surface area contributed by atoms with Crippen molar-refractivity contribution in [2.24, 2.45) is 17.3 Å². The van der Waals surface area contributed by atoms with Gasteiger partial charge in [0, 0.05) is 0 Å². The first kappa shape index (κ1) is 11.7. The zero-order valence-corrected chi connectivity index (χ0v) is 8.38. The van der Waals surface area contributed by atoms with Gasteiger partial charge in [0.1, 0.15) is 0 Å². The minimum absolute atomic E-state index is 0.170. The minimum atomic E-state index is -1.36. The Morgan fingerprint density at radius 3 is 2.47 bits per heavy atom. The molecule has 0 saturated carbocycles. The molecule has 1 aliphatic carbocycles. The third-order valence-corrected chi connectivity index (χ3v) is 3.23. The molecular formula is C10H14O5. The first-order chi connectivity index (χ1) is 6.95. The van der Waals surface area contributed by atoms with Crippen molar-refractivity contribution in [3.8, 4) is 0 Å². The lowest BCUT2D eigenvalue weighted by atomic mass is 9.65. The van der Waals surface area contributed by atoms with Crippen LogP contribution in [0.1, 0.15) is 13.3 Å². The molecule has 3 N–H and O–H groups in total. The Kier molecular flexibility index (Phi) is 3.14. The highest BCUT2D eigenvalue weighted by molar-refractivity contribution is 5.79. The second-order valence-corrected chi connectivity index (χ2v) is 3.90. The summed E-state index contributed by atoms with van der Waals surface area (Å²) >= 11 is 0. The molecule has 5 heteroatoms. The molecular weight excluding hydrogens is 200 g/mol. The number of rotatable bonds is 3. The third kappa shape index (κ3) is 1.74. The average Bonchev–Trinajstić information content (AvgIpc) is 2.17. The molecule has 0 fully saturated rings. The zero-order valence-electron chi connectivity index (χ0n) is 8.38. The zero-order chi connectivity index (χ0) is 11.6. The molecule has 15 heavy (non-hydrogen) atoms. The van der Waals surface area contributed by atoms with Crippen molar-refractivity contribution in [3.05, 3.63) is 12.2 Å². The highest BCUT2D eigenvalue weighted by Gasteiger charge is 2.48. The number of hydrogen-bond donors (Lipinski definition) is 3. The lowest BCUT2D eigenvalue weighted by Gasteiger charge is -2.37. The van der Waals surface area contributed by atoms with Crippen LogP contribution in [0.2, 0.25) is 0 Å². The van der Waals surface area contributed by atoms with E-state index in [1.165, 1.54) is 12.2 Å². The smallest absolute Gasteiger partial charge is 0.312 e. The third-order valence-electron chi connectivity index (χ3n) is 3.23. The van der Waals surface area contributed by atoms with E-state index in [1.54, 1.807) is 6.92 Å². The summed E-state index contributed by atoms with van der Waals surface area (Å²) in [4.78, 5) is 22.0. The molecule has 0 aromatic carbocycles. The highest BCUT2D eigenvalue weighted by atomic mass is 16.4. The van der Waals surface area contributed by atoms with Crippen molar-refractivity contribution >= 4 is 11.9 Å². The molecule has 0 spiro atoms. The van der Waals surface area contributed by atoms with E-state index in [-0.39, 0.29) is 6.42 Å². The number of carboxylic acid groups (broad SMARTS) is 2. The molecule has 0 bridgehead atoms. The lowest BCUT2D eigenvalue weighted by molar-refractivity contribution is -0.160. The van der Waals surface area contributed by atoms with Gasteiger partial charge < -0.3 is 15.3 Å². The summed E-state index contributed by atoms with van der Waals surface area (Å²) in [6.45, 7) is 1.00. The summed E-state index contributed by atoms with van der Waals surface area (Å²) in [6, 6.07) is 0. The van der Waals surface area contributed by atoms with Crippen molar-refractivity contribution in [3.63, 3.8) is 0 Å². The summed E-state index contributed by atoms with van der Waals surface area (Å²) in [5.74, 6) is -3.67. The molecule has 0 radical (unpaired) electrons. The van der Waals surface area contributed by atoms with Crippen molar-refractivity contribution in [2.75, 3.05) is 6.61 Å². The van der Waals surface area contributed by atoms with Gasteiger partial charge in [-0.3, -0.25) is 9.59 Å². The molecule has 84 valence electrons.